The van der Waals surface area contributed by atoms with E-state index in [2.05, 4.69) is 37.9 Å². The summed E-state index contributed by atoms with van der Waals surface area (Å²) >= 11 is 7.11. The number of alkyl halides is 1. The van der Waals surface area contributed by atoms with Crippen molar-refractivity contribution in [3.63, 3.8) is 0 Å². The van der Waals surface area contributed by atoms with E-state index in [1.165, 1.54) is 32.1 Å². The summed E-state index contributed by atoms with van der Waals surface area (Å²) in [5.41, 5.74) is 0. The van der Waals surface area contributed by atoms with Crippen LogP contribution in [0.15, 0.2) is 21.2 Å². The molecule has 0 aromatic carbocycles. The standard InChI is InChI=1S/C12H16Br2O/c13-10-4-2-1-3-9(7-10)8-11-5-6-12(14)15-11/h5-6,9-10H,1-4,7-8H2. The van der Waals surface area contributed by atoms with Crippen molar-refractivity contribution >= 4 is 31.9 Å². The number of halogens is 2. The molecule has 2 atom stereocenters. The average Bonchev–Trinajstić information content (AvgIpc) is 2.46. The van der Waals surface area contributed by atoms with Crippen LogP contribution in [0.5, 0.6) is 0 Å². The highest BCUT2D eigenvalue weighted by atomic mass is 79.9. The van der Waals surface area contributed by atoms with E-state index in [1.807, 2.05) is 6.07 Å². The van der Waals surface area contributed by atoms with Gasteiger partial charge in [-0.25, -0.2) is 0 Å². The molecule has 15 heavy (non-hydrogen) atoms. The summed E-state index contributed by atoms with van der Waals surface area (Å²) in [7, 11) is 0. The highest BCUT2D eigenvalue weighted by Gasteiger charge is 2.19. The van der Waals surface area contributed by atoms with Crippen LogP contribution < -0.4 is 0 Å². The van der Waals surface area contributed by atoms with Gasteiger partial charge in [-0.2, -0.15) is 0 Å². The fourth-order valence-electron chi connectivity index (χ4n) is 2.33. The minimum Gasteiger partial charge on any atom is -0.454 e. The summed E-state index contributed by atoms with van der Waals surface area (Å²) in [5, 5.41) is 0. The second kappa shape index (κ2) is 5.53. The lowest BCUT2D eigenvalue weighted by Crippen LogP contribution is -2.07. The Hall–Kier alpha value is 0.240. The first-order valence-electron chi connectivity index (χ1n) is 5.62. The molecule has 1 heterocycles. The molecule has 1 aliphatic carbocycles. The monoisotopic (exact) mass is 334 g/mol. The van der Waals surface area contributed by atoms with Crippen molar-refractivity contribution in [3.8, 4) is 0 Å². The summed E-state index contributed by atoms with van der Waals surface area (Å²) in [6.07, 6.45) is 7.80. The van der Waals surface area contributed by atoms with E-state index in [9.17, 15) is 0 Å². The van der Waals surface area contributed by atoms with Gasteiger partial charge in [-0.05, 0) is 53.2 Å². The molecule has 2 unspecified atom stereocenters. The zero-order valence-electron chi connectivity index (χ0n) is 8.72. The molecule has 1 aromatic rings. The summed E-state index contributed by atoms with van der Waals surface area (Å²) in [6.45, 7) is 0. The fourth-order valence-corrected chi connectivity index (χ4v) is 3.52. The second-order valence-electron chi connectivity index (χ2n) is 4.39. The van der Waals surface area contributed by atoms with E-state index >= 15 is 0 Å². The molecule has 0 N–H and O–H groups in total. The Morgan fingerprint density at radius 3 is 2.80 bits per heavy atom. The number of furan rings is 1. The summed E-state index contributed by atoms with van der Waals surface area (Å²) in [6, 6.07) is 4.07. The van der Waals surface area contributed by atoms with Crippen molar-refractivity contribution in [2.45, 2.75) is 43.4 Å². The van der Waals surface area contributed by atoms with Crippen molar-refractivity contribution in [2.75, 3.05) is 0 Å². The normalized spacial score (nSPS) is 27.6. The van der Waals surface area contributed by atoms with Gasteiger partial charge in [0.15, 0.2) is 4.67 Å². The van der Waals surface area contributed by atoms with Crippen LogP contribution in [0, 0.1) is 5.92 Å². The molecule has 0 radical (unpaired) electrons. The quantitative estimate of drug-likeness (QED) is 0.551. The molecule has 1 aliphatic rings. The maximum absolute atomic E-state index is 5.56. The number of hydrogen-bond acceptors (Lipinski definition) is 1. The lowest BCUT2D eigenvalue weighted by atomic mass is 9.95. The van der Waals surface area contributed by atoms with Gasteiger partial charge in [-0.3, -0.25) is 0 Å². The van der Waals surface area contributed by atoms with E-state index in [4.69, 9.17) is 4.42 Å². The maximum atomic E-state index is 5.56. The van der Waals surface area contributed by atoms with Crippen LogP contribution >= 0.6 is 31.9 Å². The molecule has 84 valence electrons. The first-order valence-corrected chi connectivity index (χ1v) is 7.33. The predicted molar refractivity (Wildman–Crippen MR) is 69.4 cm³/mol. The van der Waals surface area contributed by atoms with Crippen LogP contribution in [0.1, 0.15) is 37.9 Å². The van der Waals surface area contributed by atoms with E-state index in [-0.39, 0.29) is 0 Å². The van der Waals surface area contributed by atoms with Crippen LogP contribution in [0.3, 0.4) is 0 Å². The second-order valence-corrected chi connectivity index (χ2v) is 6.47. The molecule has 1 fully saturated rings. The molecule has 0 aliphatic heterocycles. The Labute approximate surface area is 108 Å². The molecular formula is C12H16Br2O. The van der Waals surface area contributed by atoms with Crippen LogP contribution in [0.25, 0.3) is 0 Å². The Kier molecular flexibility index (Phi) is 4.32. The molecule has 1 saturated carbocycles. The van der Waals surface area contributed by atoms with E-state index in [0.717, 1.165) is 22.8 Å². The molecular weight excluding hydrogens is 320 g/mol. The highest BCUT2D eigenvalue weighted by molar-refractivity contribution is 9.10. The van der Waals surface area contributed by atoms with Crippen molar-refractivity contribution < 1.29 is 4.42 Å². The van der Waals surface area contributed by atoms with Gasteiger partial charge in [-0.15, -0.1) is 0 Å². The van der Waals surface area contributed by atoms with Crippen molar-refractivity contribution in [1.29, 1.82) is 0 Å². The largest absolute Gasteiger partial charge is 0.454 e. The molecule has 1 nitrogen and oxygen atoms in total. The molecule has 0 amide bonds. The van der Waals surface area contributed by atoms with Gasteiger partial charge >= 0.3 is 0 Å². The van der Waals surface area contributed by atoms with Gasteiger partial charge in [0.05, 0.1) is 0 Å². The van der Waals surface area contributed by atoms with Gasteiger partial charge < -0.3 is 4.42 Å². The van der Waals surface area contributed by atoms with Crippen molar-refractivity contribution in [2.24, 2.45) is 5.92 Å². The van der Waals surface area contributed by atoms with Gasteiger partial charge in [0.25, 0.3) is 0 Å². The Bertz CT molecular complexity index is 308. The third-order valence-electron chi connectivity index (χ3n) is 3.09. The SMILES string of the molecule is Brc1ccc(CC2CCCCC(Br)C2)o1. The molecule has 1 aromatic heterocycles. The third-order valence-corrected chi connectivity index (χ3v) is 4.35. The van der Waals surface area contributed by atoms with Gasteiger partial charge in [0.1, 0.15) is 5.76 Å². The molecule has 0 saturated heterocycles. The fraction of sp³-hybridized carbons (Fsp3) is 0.667. The van der Waals surface area contributed by atoms with Crippen molar-refractivity contribution in [3.05, 3.63) is 22.6 Å². The average molecular weight is 336 g/mol. The van der Waals surface area contributed by atoms with Gasteiger partial charge in [0, 0.05) is 11.2 Å². The third kappa shape index (κ3) is 3.63. The maximum Gasteiger partial charge on any atom is 0.169 e. The van der Waals surface area contributed by atoms with Crippen molar-refractivity contribution in [1.82, 2.24) is 0 Å². The van der Waals surface area contributed by atoms with Crippen LogP contribution in [0.4, 0.5) is 0 Å². The molecule has 2 rings (SSSR count). The number of rotatable bonds is 2. The summed E-state index contributed by atoms with van der Waals surface area (Å²) in [5.74, 6) is 1.91. The first kappa shape index (κ1) is 11.7. The Morgan fingerprint density at radius 2 is 2.07 bits per heavy atom. The number of hydrogen-bond donors (Lipinski definition) is 0. The summed E-state index contributed by atoms with van der Waals surface area (Å²) in [4.78, 5) is 0.711. The predicted octanol–water partition coefficient (Wildman–Crippen LogP) is 4.93. The van der Waals surface area contributed by atoms with Gasteiger partial charge in [-0.1, -0.05) is 28.8 Å². The van der Waals surface area contributed by atoms with E-state index in [1.54, 1.807) is 0 Å². The molecule has 0 bridgehead atoms. The van der Waals surface area contributed by atoms with E-state index < -0.39 is 0 Å². The highest BCUT2D eigenvalue weighted by Crippen LogP contribution is 2.30. The zero-order valence-corrected chi connectivity index (χ0v) is 11.9. The van der Waals surface area contributed by atoms with E-state index in [0.29, 0.717) is 4.83 Å². The van der Waals surface area contributed by atoms with Gasteiger partial charge in [0.2, 0.25) is 0 Å². The van der Waals surface area contributed by atoms with Crippen LogP contribution in [0.2, 0.25) is 0 Å². The molecule has 0 spiro atoms. The minimum absolute atomic E-state index is 0.711. The first-order chi connectivity index (χ1) is 7.24. The lowest BCUT2D eigenvalue weighted by Gasteiger charge is -2.14. The Balaban J connectivity index is 1.92. The molecule has 3 heteroatoms. The zero-order chi connectivity index (χ0) is 10.7. The smallest absolute Gasteiger partial charge is 0.169 e. The minimum atomic E-state index is 0.711. The lowest BCUT2D eigenvalue weighted by molar-refractivity contribution is 0.399. The Morgan fingerprint density at radius 1 is 1.27 bits per heavy atom. The van der Waals surface area contributed by atoms with Crippen LogP contribution in [-0.4, -0.2) is 4.83 Å². The van der Waals surface area contributed by atoms with Crippen LogP contribution in [-0.2, 0) is 6.42 Å². The topological polar surface area (TPSA) is 13.1 Å². The summed E-state index contributed by atoms with van der Waals surface area (Å²) < 4.78 is 6.41.